The van der Waals surface area contributed by atoms with E-state index < -0.39 is 17.0 Å². The Hall–Kier alpha value is -3.85. The number of halogens is 2. The highest BCUT2D eigenvalue weighted by molar-refractivity contribution is 5.62. The third kappa shape index (κ3) is 6.09. The number of nitriles is 1. The van der Waals surface area contributed by atoms with Crippen molar-refractivity contribution in [1.82, 2.24) is 14.8 Å². The summed E-state index contributed by atoms with van der Waals surface area (Å²) in [6, 6.07) is 19.3. The maximum atomic E-state index is 14.8. The van der Waals surface area contributed by atoms with Crippen molar-refractivity contribution in [2.75, 3.05) is 0 Å². The molecule has 0 N–H and O–H groups in total. The van der Waals surface area contributed by atoms with E-state index in [0.29, 0.717) is 11.3 Å². The summed E-state index contributed by atoms with van der Waals surface area (Å²) in [6.07, 6.45) is 1.69. The normalized spacial score (nSPS) is 12.8. The third-order valence-electron chi connectivity index (χ3n) is 7.23. The van der Waals surface area contributed by atoms with Crippen LogP contribution in [-0.4, -0.2) is 14.8 Å². The van der Waals surface area contributed by atoms with Crippen LogP contribution in [0.5, 0.6) is 0 Å². The molecule has 0 bridgehead atoms. The molecule has 0 fully saturated rings. The highest BCUT2D eigenvalue weighted by Crippen LogP contribution is 2.36. The van der Waals surface area contributed by atoms with Crippen LogP contribution in [0.15, 0.2) is 60.7 Å². The SMILES string of the molecule is CCC(C)c1cc(-c2ccc(F)cc2F)nc(C(C)(C)c2cc(CC(C)(C)C)n(-c3cccc(C#N)c3)n2)c1. The molecule has 0 saturated heterocycles. The van der Waals surface area contributed by atoms with Gasteiger partial charge in [0.05, 0.1) is 39.8 Å². The van der Waals surface area contributed by atoms with E-state index in [0.717, 1.165) is 47.2 Å². The van der Waals surface area contributed by atoms with Gasteiger partial charge in [-0.1, -0.05) is 40.7 Å². The van der Waals surface area contributed by atoms with Crippen molar-refractivity contribution in [2.24, 2.45) is 5.41 Å². The van der Waals surface area contributed by atoms with Gasteiger partial charge in [0, 0.05) is 17.3 Å². The van der Waals surface area contributed by atoms with Gasteiger partial charge >= 0.3 is 0 Å². The van der Waals surface area contributed by atoms with Gasteiger partial charge in [0.25, 0.3) is 0 Å². The van der Waals surface area contributed by atoms with Gasteiger partial charge < -0.3 is 0 Å². The van der Waals surface area contributed by atoms with Crippen LogP contribution < -0.4 is 0 Å². The summed E-state index contributed by atoms with van der Waals surface area (Å²) < 4.78 is 30.4. The predicted molar refractivity (Wildman–Crippen MR) is 152 cm³/mol. The maximum Gasteiger partial charge on any atom is 0.135 e. The van der Waals surface area contributed by atoms with Gasteiger partial charge in [-0.3, -0.25) is 4.98 Å². The summed E-state index contributed by atoms with van der Waals surface area (Å²) in [7, 11) is 0. The standard InChI is InChI=1S/C33H36F2N4/c1-8-21(2)23-15-29(27-13-12-24(34)17-28(27)35)37-30(16-23)33(6,7)31-18-26(19-32(3,4)5)39(38-31)25-11-9-10-22(14-25)20-36/h9-18,21H,8,19H2,1-7H3. The minimum Gasteiger partial charge on any atom is -0.252 e. The lowest BCUT2D eigenvalue weighted by molar-refractivity contribution is 0.401. The Morgan fingerprint density at radius 2 is 1.69 bits per heavy atom. The average molecular weight is 527 g/mol. The molecule has 0 radical (unpaired) electrons. The second kappa shape index (κ2) is 10.7. The van der Waals surface area contributed by atoms with Gasteiger partial charge in [0.2, 0.25) is 0 Å². The average Bonchev–Trinajstić information content (AvgIpc) is 3.31. The Balaban J connectivity index is 1.90. The number of hydrogen-bond donors (Lipinski definition) is 0. The van der Waals surface area contributed by atoms with E-state index >= 15 is 0 Å². The number of hydrogen-bond acceptors (Lipinski definition) is 3. The molecule has 0 aliphatic rings. The van der Waals surface area contributed by atoms with Crippen molar-refractivity contribution in [3.8, 4) is 23.0 Å². The van der Waals surface area contributed by atoms with E-state index in [4.69, 9.17) is 10.1 Å². The molecule has 0 aliphatic heterocycles. The van der Waals surface area contributed by atoms with Crippen LogP contribution in [0.25, 0.3) is 16.9 Å². The van der Waals surface area contributed by atoms with Gasteiger partial charge in [-0.15, -0.1) is 0 Å². The van der Waals surface area contributed by atoms with E-state index in [1.165, 1.54) is 12.1 Å². The van der Waals surface area contributed by atoms with Crippen LogP contribution in [0, 0.1) is 28.4 Å². The molecule has 0 aliphatic carbocycles. The summed E-state index contributed by atoms with van der Waals surface area (Å²) in [5.74, 6) is -1.03. The largest absolute Gasteiger partial charge is 0.252 e. The van der Waals surface area contributed by atoms with Gasteiger partial charge in [-0.25, -0.2) is 13.5 Å². The Morgan fingerprint density at radius 3 is 2.33 bits per heavy atom. The van der Waals surface area contributed by atoms with Crippen molar-refractivity contribution in [3.05, 3.63) is 101 Å². The van der Waals surface area contributed by atoms with Crippen molar-refractivity contribution in [3.63, 3.8) is 0 Å². The molecule has 4 nitrogen and oxygen atoms in total. The van der Waals surface area contributed by atoms with Crippen molar-refractivity contribution in [2.45, 2.75) is 72.6 Å². The highest BCUT2D eigenvalue weighted by Gasteiger charge is 2.31. The molecule has 2 heterocycles. The lowest BCUT2D eigenvalue weighted by Gasteiger charge is -2.25. The number of rotatable bonds is 7. The topological polar surface area (TPSA) is 54.5 Å². The van der Waals surface area contributed by atoms with Crippen molar-refractivity contribution >= 4 is 0 Å². The Kier molecular flexibility index (Phi) is 7.75. The summed E-state index contributed by atoms with van der Waals surface area (Å²) in [6.45, 7) is 14.9. The molecule has 0 amide bonds. The Labute approximate surface area is 230 Å². The van der Waals surface area contributed by atoms with E-state index in [9.17, 15) is 14.0 Å². The fourth-order valence-electron chi connectivity index (χ4n) is 4.68. The number of aromatic nitrogens is 3. The molecule has 6 heteroatoms. The number of nitrogens with zero attached hydrogens (tertiary/aromatic N) is 4. The fourth-order valence-corrected chi connectivity index (χ4v) is 4.68. The molecule has 4 rings (SSSR count). The van der Waals surface area contributed by atoms with Gasteiger partial charge in [-0.05, 0) is 92.1 Å². The first-order chi connectivity index (χ1) is 18.3. The third-order valence-corrected chi connectivity index (χ3v) is 7.23. The van der Waals surface area contributed by atoms with Crippen molar-refractivity contribution < 1.29 is 8.78 Å². The molecule has 1 unspecified atom stereocenters. The van der Waals surface area contributed by atoms with Crippen LogP contribution in [0.3, 0.4) is 0 Å². The first-order valence-electron chi connectivity index (χ1n) is 13.4. The smallest absolute Gasteiger partial charge is 0.135 e. The van der Waals surface area contributed by atoms with Crippen LogP contribution in [0.1, 0.15) is 89.0 Å². The van der Waals surface area contributed by atoms with Gasteiger partial charge in [-0.2, -0.15) is 10.4 Å². The fraction of sp³-hybridized carbons (Fsp3) is 0.364. The lowest BCUT2D eigenvalue weighted by atomic mass is 9.82. The molecular weight excluding hydrogens is 490 g/mol. The zero-order chi connectivity index (χ0) is 28.5. The van der Waals surface area contributed by atoms with Gasteiger partial charge in [0.15, 0.2) is 0 Å². The van der Waals surface area contributed by atoms with Crippen LogP contribution in [-0.2, 0) is 11.8 Å². The number of pyridine rings is 1. The molecule has 1 atom stereocenters. The summed E-state index contributed by atoms with van der Waals surface area (Å²) in [5, 5.41) is 14.5. The zero-order valence-corrected chi connectivity index (χ0v) is 23.8. The quantitative estimate of drug-likeness (QED) is 0.243. The van der Waals surface area contributed by atoms with Crippen molar-refractivity contribution in [1.29, 1.82) is 5.26 Å². The summed E-state index contributed by atoms with van der Waals surface area (Å²) in [5.41, 5.74) is 5.18. The first kappa shape index (κ1) is 28.2. The lowest BCUT2D eigenvalue weighted by Crippen LogP contribution is -2.22. The molecule has 4 aromatic rings. The molecular formula is C33H36F2N4. The van der Waals surface area contributed by atoms with Crippen LogP contribution >= 0.6 is 0 Å². The molecule has 0 saturated carbocycles. The van der Waals surface area contributed by atoms with Crippen LogP contribution in [0.2, 0.25) is 0 Å². The van der Waals surface area contributed by atoms with E-state index in [2.05, 4.69) is 66.7 Å². The second-order valence-corrected chi connectivity index (χ2v) is 12.1. The first-order valence-corrected chi connectivity index (χ1v) is 13.4. The van der Waals surface area contributed by atoms with E-state index in [1.807, 2.05) is 28.9 Å². The van der Waals surface area contributed by atoms with Crippen LogP contribution in [0.4, 0.5) is 8.78 Å². The second-order valence-electron chi connectivity index (χ2n) is 12.1. The monoisotopic (exact) mass is 526 g/mol. The Bertz CT molecular complexity index is 1540. The summed E-state index contributed by atoms with van der Waals surface area (Å²) >= 11 is 0. The number of benzene rings is 2. The maximum absolute atomic E-state index is 14.8. The highest BCUT2D eigenvalue weighted by atomic mass is 19.1. The molecule has 202 valence electrons. The summed E-state index contributed by atoms with van der Waals surface area (Å²) in [4.78, 5) is 4.92. The molecule has 2 aromatic heterocycles. The van der Waals surface area contributed by atoms with Gasteiger partial charge in [0.1, 0.15) is 11.6 Å². The molecule has 0 spiro atoms. The van der Waals surface area contributed by atoms with E-state index in [-0.39, 0.29) is 16.9 Å². The molecule has 39 heavy (non-hydrogen) atoms. The van der Waals surface area contributed by atoms with E-state index in [1.54, 1.807) is 6.07 Å². The minimum absolute atomic E-state index is 0.00798. The zero-order valence-electron chi connectivity index (χ0n) is 23.8. The minimum atomic E-state index is -0.637. The molecule has 2 aromatic carbocycles. The Morgan fingerprint density at radius 1 is 0.949 bits per heavy atom. The predicted octanol–water partition coefficient (Wildman–Crippen LogP) is 8.51.